The Hall–Kier alpha value is -7.26. The first-order chi connectivity index (χ1) is 49.5. The van der Waals surface area contributed by atoms with Gasteiger partial charge in [-0.25, -0.2) is 0 Å². The maximum atomic E-state index is 9.87. The van der Waals surface area contributed by atoms with Crippen molar-refractivity contribution in [3.8, 4) is 51.7 Å². The second kappa shape index (κ2) is 47.9. The van der Waals surface area contributed by atoms with Crippen LogP contribution in [0, 0.1) is 0 Å². The van der Waals surface area contributed by atoms with Crippen molar-refractivity contribution >= 4 is 19.2 Å². The molecule has 0 amide bonds. The number of fused-ring (bicyclic) bond motifs is 8. The Morgan fingerprint density at radius 2 is 0.716 bits per heavy atom. The Labute approximate surface area is 597 Å². The molecule has 0 spiro atoms. The first-order valence-electron chi connectivity index (χ1n) is 35.4. The fraction of sp³-hybridized carbons (Fsp3) is 0.533. The van der Waals surface area contributed by atoms with Crippen molar-refractivity contribution in [3.05, 3.63) is 144 Å². The predicted molar refractivity (Wildman–Crippen MR) is 382 cm³/mol. The van der Waals surface area contributed by atoms with E-state index in [0.29, 0.717) is 152 Å². The average Bonchev–Trinajstić information content (AvgIpc) is 0.791. The standard InChI is InChI=1S/C41H61N3O6.C34H45NO10.F6P/c1-2-3-4-5-6-7-8-9-10-11-12-17-22-48-37-31-35-33-42-38-18-13-15-20-40(38)49-29-27-46-25-23-45-24-26-47-28-30-50-41-21-16-14-19-39(41)43-34-36(32-37)44-35;1-36-31-18-27(19-32(23-31)37-2)25-35-26-28-20-33-24-34(21-28)45-17-13-41-9-7-39-11-15-43-30-5-3-4-29(22-30)42-14-10-38-6-8-40-12-16-44-33;1-7(2,3,4,5)6/h13-16,18-21,31-32,42-43H,2-12,17,22-30,33-34H2,1H3;3-5,18-24,35H,6-17,25-26H2,1-2H3;/q;;-1/p+1. The van der Waals surface area contributed by atoms with Crippen molar-refractivity contribution in [2.24, 2.45) is 0 Å². The minimum absolute atomic E-state index is 0.404. The maximum absolute atomic E-state index is 10.7. The number of ether oxygens (including phenoxy) is 16. The van der Waals surface area contributed by atoms with Gasteiger partial charge in [0.1, 0.15) is 104 Å². The summed E-state index contributed by atoms with van der Waals surface area (Å²) in [4.78, 5) is 4.99. The molecule has 102 heavy (non-hydrogen) atoms. The van der Waals surface area contributed by atoms with E-state index in [0.717, 1.165) is 105 Å². The summed E-state index contributed by atoms with van der Waals surface area (Å²) in [5, 5.41) is 9.26. The molecule has 0 saturated carbocycles. The Morgan fingerprint density at radius 3 is 1.12 bits per heavy atom. The van der Waals surface area contributed by atoms with E-state index in [-0.39, 0.29) is 0 Å². The number of aromatic nitrogens is 1. The van der Waals surface area contributed by atoms with Crippen molar-refractivity contribution in [3.63, 3.8) is 0 Å². The van der Waals surface area contributed by atoms with Gasteiger partial charge in [0, 0.05) is 41.5 Å². The van der Waals surface area contributed by atoms with Crippen molar-refractivity contribution in [2.45, 2.75) is 110 Å². The Morgan fingerprint density at radius 1 is 0.373 bits per heavy atom. The molecule has 27 heteroatoms. The second-order valence-electron chi connectivity index (χ2n) is 23.8. The second-order valence-corrected chi connectivity index (χ2v) is 25.7. The molecule has 0 unspecified atom stereocenters. The van der Waals surface area contributed by atoms with Gasteiger partial charge in [-0.2, -0.15) is 0 Å². The van der Waals surface area contributed by atoms with Gasteiger partial charge in [0.15, 0.2) is 0 Å². The number of nitrogens with zero attached hydrogens (tertiary/aromatic N) is 1. The van der Waals surface area contributed by atoms with Gasteiger partial charge in [-0.05, 0) is 67.1 Å². The number of hydrogen-bond acceptors (Lipinski definition) is 19. The van der Waals surface area contributed by atoms with E-state index in [9.17, 15) is 25.2 Å². The fourth-order valence-electron chi connectivity index (χ4n) is 10.3. The number of hydrogen-bond donors (Lipinski definition) is 3. The van der Waals surface area contributed by atoms with Gasteiger partial charge in [-0.3, -0.25) is 4.98 Å². The SMILES string of the molecule is CCCCCCCCCCCCCCOc1cc2nc(c1)CNc1ccccc1OCCOCCOCCOCCOc1ccccc1NC2.COc1cc(C[NH2+]Cc2cc3cc(c2)OCCOCCOCCOc2cccc(c2)OCCOCCOCCO3)cc(OC)c1.F[P-](F)(F)(F)(F)F. The molecule has 570 valence electrons. The van der Waals surface area contributed by atoms with Crippen LogP contribution < -0.4 is 58.6 Å². The number of unbranched alkanes of at least 4 members (excludes halogenated alkanes) is 11. The number of quaternary nitrogens is 1. The molecule has 0 fully saturated rings. The molecule has 0 saturated heterocycles. The van der Waals surface area contributed by atoms with E-state index < -0.39 is 7.81 Å². The Balaban J connectivity index is 0.000000294. The molecule has 5 aromatic carbocycles. The third-order valence-corrected chi connectivity index (χ3v) is 15.2. The van der Waals surface area contributed by atoms with Gasteiger partial charge in [-0.15, -0.1) is 0 Å². The number of anilines is 2. The molecule has 6 aromatic rings. The molecular weight excluding hydrogens is 1360 g/mol. The van der Waals surface area contributed by atoms with Crippen LogP contribution >= 0.6 is 7.81 Å². The number of nitrogens with one attached hydrogen (secondary N) is 2. The normalized spacial score (nSPS) is 16.2. The molecule has 0 atom stereocenters. The third kappa shape index (κ3) is 41.1. The van der Waals surface area contributed by atoms with Crippen molar-refractivity contribution in [2.75, 3.05) is 164 Å². The van der Waals surface area contributed by atoms with Gasteiger partial charge in [-0.1, -0.05) is 108 Å². The number of rotatable bonds is 20. The molecule has 0 aliphatic carbocycles. The van der Waals surface area contributed by atoms with E-state index in [1.54, 1.807) is 14.2 Å². The molecule has 2 aliphatic rings. The van der Waals surface area contributed by atoms with Gasteiger partial charge in [0.2, 0.25) is 0 Å². The van der Waals surface area contributed by atoms with E-state index in [1.165, 1.54) is 70.6 Å². The van der Waals surface area contributed by atoms with Gasteiger partial charge in [0.25, 0.3) is 0 Å². The van der Waals surface area contributed by atoms with Crippen LogP contribution in [0.25, 0.3) is 0 Å². The number of benzene rings is 5. The molecule has 6 bridgehead atoms. The molecule has 0 radical (unpaired) electrons. The van der Waals surface area contributed by atoms with Crippen LogP contribution in [0.3, 0.4) is 0 Å². The zero-order valence-corrected chi connectivity index (χ0v) is 60.4. The first-order valence-corrected chi connectivity index (χ1v) is 37.4. The molecule has 3 heterocycles. The molecule has 20 nitrogen and oxygen atoms in total. The van der Waals surface area contributed by atoms with Crippen LogP contribution in [0.4, 0.5) is 36.6 Å². The molecule has 4 N–H and O–H groups in total. The average molecular weight is 1470 g/mol. The monoisotopic (exact) mass is 1460 g/mol. The number of halogens is 6. The van der Waals surface area contributed by atoms with Crippen LogP contribution in [0.1, 0.15) is 106 Å². The quantitative estimate of drug-likeness (QED) is 0.0370. The topological polar surface area (TPSA) is 201 Å². The van der Waals surface area contributed by atoms with E-state index in [1.807, 2.05) is 121 Å². The summed E-state index contributed by atoms with van der Waals surface area (Å²) >= 11 is 0. The Kier molecular flexibility index (Phi) is 39.3. The van der Waals surface area contributed by atoms with Gasteiger partial charge < -0.3 is 91.7 Å². The Bertz CT molecular complexity index is 3050. The van der Waals surface area contributed by atoms with Crippen LogP contribution in [0.15, 0.2) is 121 Å². The summed E-state index contributed by atoms with van der Waals surface area (Å²) in [5.41, 5.74) is 5.77. The van der Waals surface area contributed by atoms with Crippen molar-refractivity contribution in [1.29, 1.82) is 0 Å². The number of nitrogens with two attached hydrogens (primary N) is 1. The summed E-state index contributed by atoms with van der Waals surface area (Å²) in [5.74, 6) is 6.82. The third-order valence-electron chi connectivity index (χ3n) is 15.2. The molecular formula is C75H107F6N4O16P. The van der Waals surface area contributed by atoms with Crippen LogP contribution in [-0.4, -0.2) is 158 Å². The van der Waals surface area contributed by atoms with Gasteiger partial charge >= 0.3 is 33.0 Å². The summed E-state index contributed by atoms with van der Waals surface area (Å²) < 4.78 is 152. The summed E-state index contributed by atoms with van der Waals surface area (Å²) in [6, 6.07) is 39.3. The molecule has 2 aliphatic heterocycles. The first kappa shape index (κ1) is 83.7. The zero-order valence-electron chi connectivity index (χ0n) is 59.5. The van der Waals surface area contributed by atoms with E-state index in [2.05, 4.69) is 22.9 Å². The number of methoxy groups -OCH3 is 2. The van der Waals surface area contributed by atoms with Crippen LogP contribution in [-0.2, 0) is 59.3 Å². The van der Waals surface area contributed by atoms with Crippen LogP contribution in [0.5, 0.6) is 51.7 Å². The molecule has 1 aromatic heterocycles. The summed E-state index contributed by atoms with van der Waals surface area (Å²) in [7, 11) is -7.35. The van der Waals surface area contributed by atoms with E-state index >= 15 is 0 Å². The zero-order chi connectivity index (χ0) is 72.5. The summed E-state index contributed by atoms with van der Waals surface area (Å²) in [6.45, 7) is 14.7. The van der Waals surface area contributed by atoms with Crippen LogP contribution in [0.2, 0.25) is 0 Å². The van der Waals surface area contributed by atoms with Gasteiger partial charge in [0.05, 0.1) is 149 Å². The van der Waals surface area contributed by atoms with Crippen molar-refractivity contribution in [1.82, 2.24) is 4.98 Å². The minimum atomic E-state index is -10.7. The molecule has 8 rings (SSSR count). The number of pyridine rings is 1. The van der Waals surface area contributed by atoms with Crippen molar-refractivity contribution < 1.29 is 106 Å². The van der Waals surface area contributed by atoms with E-state index in [4.69, 9.17) is 80.8 Å². The predicted octanol–water partition coefficient (Wildman–Crippen LogP) is 15.9. The summed E-state index contributed by atoms with van der Waals surface area (Å²) in [6.07, 6.45) is 15.9. The number of para-hydroxylation sites is 4. The fourth-order valence-corrected chi connectivity index (χ4v) is 10.3.